The second kappa shape index (κ2) is 4.24. The fourth-order valence-corrected chi connectivity index (χ4v) is 0.597. The fraction of sp³-hybridized carbons (Fsp3) is 1.00. The molecule has 0 aliphatic heterocycles. The van der Waals surface area contributed by atoms with Gasteiger partial charge in [0.15, 0.2) is 6.29 Å². The van der Waals surface area contributed by atoms with E-state index >= 15 is 0 Å². The summed E-state index contributed by atoms with van der Waals surface area (Å²) in [6.45, 7) is 3.85. The minimum absolute atomic E-state index is 0.234. The van der Waals surface area contributed by atoms with E-state index in [0.717, 1.165) is 0 Å². The van der Waals surface area contributed by atoms with Crippen molar-refractivity contribution >= 4 is 21.0 Å². The second-order valence-electron chi connectivity index (χ2n) is 1.85. The molecule has 1 atom stereocenters. The lowest BCUT2D eigenvalue weighted by Gasteiger charge is -2.15. The van der Waals surface area contributed by atoms with Crippen LogP contribution in [-0.2, 0) is 8.84 Å². The van der Waals surface area contributed by atoms with Crippen LogP contribution >= 0.6 is 12.9 Å². The Morgan fingerprint density at radius 3 is 2.00 bits per heavy atom. The van der Waals surface area contributed by atoms with E-state index in [0.29, 0.717) is 0 Å². The number of hydrogen-bond acceptors (Lipinski definition) is 3. The molecule has 0 rings (SSSR count). The lowest BCUT2D eigenvalue weighted by molar-refractivity contribution is -0.00617. The van der Waals surface area contributed by atoms with Crippen LogP contribution in [0.4, 0.5) is 0 Å². The van der Waals surface area contributed by atoms with Crippen molar-refractivity contribution in [2.24, 2.45) is 5.92 Å². The van der Waals surface area contributed by atoms with Gasteiger partial charge in [0.05, 0.1) is 0 Å². The van der Waals surface area contributed by atoms with Crippen LogP contribution in [0.1, 0.15) is 13.8 Å². The molecule has 0 aliphatic rings. The van der Waals surface area contributed by atoms with E-state index in [4.69, 9.17) is 8.05 Å². The first kappa shape index (κ1) is 8.33. The number of hydrogen-bond donors (Lipinski definition) is 1. The topological polar surface area (TPSA) is 18.5 Å². The van der Waals surface area contributed by atoms with Crippen molar-refractivity contribution in [2.45, 2.75) is 20.1 Å². The first-order chi connectivity index (χ1) is 3.72. The van der Waals surface area contributed by atoms with Crippen LogP contribution in [0, 0.1) is 5.92 Å². The molecule has 1 unspecified atom stereocenters. The molecule has 0 bridgehead atoms. The van der Waals surface area contributed by atoms with Crippen LogP contribution in [0.2, 0.25) is 0 Å². The Hall–Kier alpha value is 0.335. The van der Waals surface area contributed by atoms with Gasteiger partial charge in [0.25, 0.3) is 8.05 Å². The first-order valence-electron chi connectivity index (χ1n) is 2.38. The van der Waals surface area contributed by atoms with Crippen LogP contribution < -0.4 is 0 Å². The van der Waals surface area contributed by atoms with Gasteiger partial charge in [0, 0.05) is 5.92 Å². The minimum atomic E-state index is -0.404. The third-order valence-electron chi connectivity index (χ3n) is 0.782. The predicted octanol–water partition coefficient (Wildman–Crippen LogP) is 0.930. The van der Waals surface area contributed by atoms with Crippen molar-refractivity contribution in [3.63, 3.8) is 0 Å². The summed E-state index contributed by atoms with van der Waals surface area (Å²) in [6, 6.07) is 0. The largest absolute Gasteiger partial charge is 0.424 e. The smallest absolute Gasteiger partial charge is 0.286 e. The van der Waals surface area contributed by atoms with Gasteiger partial charge in [0.2, 0.25) is 0 Å². The third-order valence-corrected chi connectivity index (χ3v) is 0.990. The van der Waals surface area contributed by atoms with E-state index < -0.39 is 6.29 Å². The van der Waals surface area contributed by atoms with Gasteiger partial charge in [-0.1, -0.05) is 13.8 Å². The maximum Gasteiger partial charge on any atom is 0.286 e. The maximum absolute atomic E-state index is 4.81. The summed E-state index contributed by atoms with van der Waals surface area (Å²) < 4.78 is 8.87. The normalized spacial score (nSPS) is 14.5. The van der Waals surface area contributed by atoms with E-state index in [9.17, 15) is 0 Å². The first-order valence-corrected chi connectivity index (χ1v) is 2.74. The van der Waals surface area contributed by atoms with Gasteiger partial charge in [-0.3, -0.25) is 4.18 Å². The summed E-state index contributed by atoms with van der Waals surface area (Å²) in [5, 5.41) is 0. The highest BCUT2D eigenvalue weighted by atomic mass is 32.1. The van der Waals surface area contributed by atoms with Crippen molar-refractivity contribution in [3.8, 4) is 0 Å². The molecule has 0 aromatic rings. The summed E-state index contributed by atoms with van der Waals surface area (Å²) >= 11 is 3.53. The van der Waals surface area contributed by atoms with Crippen LogP contribution in [-0.4, -0.2) is 14.3 Å². The zero-order valence-electron chi connectivity index (χ0n) is 5.00. The zero-order valence-corrected chi connectivity index (χ0v) is 5.89. The minimum Gasteiger partial charge on any atom is -0.424 e. The van der Waals surface area contributed by atoms with Crippen molar-refractivity contribution in [1.82, 2.24) is 0 Å². The van der Waals surface area contributed by atoms with Gasteiger partial charge in [-0.2, -0.15) is 0 Å². The Balaban J connectivity index is 3.35. The molecule has 2 radical (unpaired) electrons. The van der Waals surface area contributed by atoms with Gasteiger partial charge >= 0.3 is 0 Å². The Morgan fingerprint density at radius 1 is 1.50 bits per heavy atom. The molecular formula is C4H9BO2S. The molecule has 0 aliphatic carbocycles. The van der Waals surface area contributed by atoms with E-state index in [1.165, 1.54) is 0 Å². The highest BCUT2D eigenvalue weighted by Gasteiger charge is 2.08. The Kier molecular flexibility index (Phi) is 4.41. The lowest BCUT2D eigenvalue weighted by atomic mass is 10.2. The average molecular weight is 132 g/mol. The van der Waals surface area contributed by atoms with E-state index in [2.05, 4.69) is 21.7 Å². The lowest BCUT2D eigenvalue weighted by Crippen LogP contribution is -2.18. The molecule has 0 heterocycles. The molecule has 2 nitrogen and oxygen atoms in total. The van der Waals surface area contributed by atoms with Crippen LogP contribution in [0.25, 0.3) is 0 Å². The van der Waals surface area contributed by atoms with Gasteiger partial charge in [-0.05, 0) is 12.9 Å². The molecule has 8 heavy (non-hydrogen) atoms. The average Bonchev–Trinajstić information content (AvgIpc) is 1.69. The third kappa shape index (κ3) is 2.60. The second-order valence-corrected chi connectivity index (χ2v) is 2.06. The summed E-state index contributed by atoms with van der Waals surface area (Å²) in [4.78, 5) is 0. The standard InChI is InChI=1S/C4H9BO2S/c1-3(2)4(6-5)7-8/h3-4,8H,1-2H3. The molecule has 0 fully saturated rings. The van der Waals surface area contributed by atoms with Gasteiger partial charge in [-0.25, -0.2) is 0 Å². The summed E-state index contributed by atoms with van der Waals surface area (Å²) in [5.74, 6) is 0.234. The molecule has 46 valence electrons. The van der Waals surface area contributed by atoms with E-state index in [1.807, 2.05) is 13.8 Å². The highest BCUT2D eigenvalue weighted by molar-refractivity contribution is 7.75. The van der Waals surface area contributed by atoms with Crippen molar-refractivity contribution < 1.29 is 8.84 Å². The summed E-state index contributed by atoms with van der Waals surface area (Å²) in [5.41, 5.74) is 0. The zero-order chi connectivity index (χ0) is 6.57. The predicted molar refractivity (Wildman–Crippen MR) is 35.5 cm³/mol. The summed E-state index contributed by atoms with van der Waals surface area (Å²) in [7, 11) is 4.81. The Morgan fingerprint density at radius 2 is 2.00 bits per heavy atom. The van der Waals surface area contributed by atoms with Gasteiger partial charge in [-0.15, -0.1) is 0 Å². The molecule has 0 saturated carbocycles. The Bertz CT molecular complexity index is 56.0. The number of thiol groups is 1. The SMILES string of the molecule is [B]OC(OS)C(C)C. The van der Waals surface area contributed by atoms with E-state index in [1.54, 1.807) is 0 Å². The van der Waals surface area contributed by atoms with Crippen LogP contribution in [0.15, 0.2) is 0 Å². The highest BCUT2D eigenvalue weighted by Crippen LogP contribution is 2.07. The molecule has 0 saturated heterocycles. The van der Waals surface area contributed by atoms with Crippen molar-refractivity contribution in [1.29, 1.82) is 0 Å². The van der Waals surface area contributed by atoms with Gasteiger partial charge in [0.1, 0.15) is 0 Å². The molecule has 0 N–H and O–H groups in total. The summed E-state index contributed by atoms with van der Waals surface area (Å²) in [6.07, 6.45) is -0.404. The molecule has 0 aromatic carbocycles. The van der Waals surface area contributed by atoms with Crippen molar-refractivity contribution in [3.05, 3.63) is 0 Å². The molecular weight excluding hydrogens is 123 g/mol. The Labute approximate surface area is 56.6 Å². The monoisotopic (exact) mass is 132 g/mol. The van der Waals surface area contributed by atoms with Crippen molar-refractivity contribution in [2.75, 3.05) is 0 Å². The van der Waals surface area contributed by atoms with Gasteiger partial charge < -0.3 is 4.65 Å². The number of rotatable bonds is 3. The molecule has 0 spiro atoms. The molecule has 0 amide bonds. The van der Waals surface area contributed by atoms with Crippen LogP contribution in [0.5, 0.6) is 0 Å². The molecule has 0 aromatic heterocycles. The fourth-order valence-electron chi connectivity index (χ4n) is 0.304. The molecule has 4 heteroatoms. The van der Waals surface area contributed by atoms with E-state index in [-0.39, 0.29) is 5.92 Å². The maximum atomic E-state index is 4.81. The quantitative estimate of drug-likeness (QED) is 0.266. The van der Waals surface area contributed by atoms with Crippen LogP contribution in [0.3, 0.4) is 0 Å².